The lowest BCUT2D eigenvalue weighted by atomic mass is 10.0. The van der Waals surface area contributed by atoms with Gasteiger partial charge in [-0.2, -0.15) is 0 Å². The Kier molecular flexibility index (Phi) is 7.99. The third kappa shape index (κ3) is 6.57. The molecule has 0 saturated carbocycles. The lowest BCUT2D eigenvalue weighted by molar-refractivity contribution is -0.131. The van der Waals surface area contributed by atoms with Gasteiger partial charge in [-0.05, 0) is 82.5 Å². The Balaban J connectivity index is 1.59. The van der Waals surface area contributed by atoms with Crippen molar-refractivity contribution in [3.63, 3.8) is 0 Å². The van der Waals surface area contributed by atoms with Crippen LogP contribution in [0.3, 0.4) is 0 Å². The van der Waals surface area contributed by atoms with Crippen molar-refractivity contribution in [1.82, 2.24) is 14.9 Å². The summed E-state index contributed by atoms with van der Waals surface area (Å²) in [4.78, 5) is 27.3. The summed E-state index contributed by atoms with van der Waals surface area (Å²) in [5, 5.41) is 2.65. The van der Waals surface area contributed by atoms with E-state index in [1.54, 1.807) is 25.7 Å². The number of carbonyl (C=O) groups is 2. The fraction of sp³-hybridized carbons (Fsp3) is 0.440. The number of carbonyl (C=O) groups excluding carboxylic acids is 2. The molecule has 1 unspecified atom stereocenters. The van der Waals surface area contributed by atoms with Crippen molar-refractivity contribution in [1.29, 1.82) is 0 Å². The molecule has 2 N–H and O–H groups in total. The number of nitrogens with one attached hydrogen (secondary N) is 2. The molecule has 1 heterocycles. The Labute approximate surface area is 201 Å². The standard InChI is InChI=1S/C25H33N3O5S/c1-5-33-20-12-8-18(9-13-20)22-7-6-16-28(22)23(29)17-26-24(30)19-10-14-21(15-11-19)34(31,32)27-25(2,3)4/h8-15,22,27H,5-7,16-17H2,1-4H3,(H,26,30). The maximum absolute atomic E-state index is 12.9. The lowest BCUT2D eigenvalue weighted by Crippen LogP contribution is -2.40. The van der Waals surface area contributed by atoms with Gasteiger partial charge in [0, 0.05) is 17.6 Å². The molecule has 3 rings (SSSR count). The van der Waals surface area contributed by atoms with E-state index in [-0.39, 0.29) is 29.0 Å². The minimum atomic E-state index is -3.69. The van der Waals surface area contributed by atoms with E-state index in [4.69, 9.17) is 4.74 Å². The zero-order valence-electron chi connectivity index (χ0n) is 20.1. The van der Waals surface area contributed by atoms with Crippen LogP contribution in [0.4, 0.5) is 0 Å². The van der Waals surface area contributed by atoms with Crippen LogP contribution >= 0.6 is 0 Å². The van der Waals surface area contributed by atoms with Crippen LogP contribution in [0.15, 0.2) is 53.4 Å². The highest BCUT2D eigenvalue weighted by molar-refractivity contribution is 7.89. The van der Waals surface area contributed by atoms with Crippen LogP contribution in [0.2, 0.25) is 0 Å². The molecule has 34 heavy (non-hydrogen) atoms. The van der Waals surface area contributed by atoms with Gasteiger partial charge < -0.3 is 15.0 Å². The minimum Gasteiger partial charge on any atom is -0.494 e. The lowest BCUT2D eigenvalue weighted by Gasteiger charge is -2.25. The van der Waals surface area contributed by atoms with Gasteiger partial charge in [-0.3, -0.25) is 9.59 Å². The van der Waals surface area contributed by atoms with Gasteiger partial charge in [-0.15, -0.1) is 0 Å². The highest BCUT2D eigenvalue weighted by Gasteiger charge is 2.30. The predicted octanol–water partition coefficient (Wildman–Crippen LogP) is 3.26. The topological polar surface area (TPSA) is 105 Å². The van der Waals surface area contributed by atoms with Crippen molar-refractivity contribution in [3.05, 3.63) is 59.7 Å². The van der Waals surface area contributed by atoms with Gasteiger partial charge in [-0.1, -0.05) is 12.1 Å². The van der Waals surface area contributed by atoms with E-state index >= 15 is 0 Å². The van der Waals surface area contributed by atoms with Gasteiger partial charge in [0.05, 0.1) is 24.1 Å². The summed E-state index contributed by atoms with van der Waals surface area (Å²) < 4.78 is 32.9. The summed E-state index contributed by atoms with van der Waals surface area (Å²) in [7, 11) is -3.69. The first-order valence-electron chi connectivity index (χ1n) is 11.4. The zero-order chi connectivity index (χ0) is 24.9. The summed E-state index contributed by atoms with van der Waals surface area (Å²) in [5.41, 5.74) is 0.710. The smallest absolute Gasteiger partial charge is 0.251 e. The average Bonchev–Trinajstić information content (AvgIpc) is 3.26. The molecule has 2 amide bonds. The second-order valence-electron chi connectivity index (χ2n) is 9.31. The summed E-state index contributed by atoms with van der Waals surface area (Å²) in [5.74, 6) is 0.207. The fourth-order valence-electron chi connectivity index (χ4n) is 3.97. The first-order valence-corrected chi connectivity index (χ1v) is 12.9. The monoisotopic (exact) mass is 487 g/mol. The highest BCUT2D eigenvalue weighted by Crippen LogP contribution is 2.32. The van der Waals surface area contributed by atoms with Gasteiger partial charge in [0.2, 0.25) is 15.9 Å². The molecule has 2 aromatic carbocycles. The molecule has 2 aromatic rings. The van der Waals surface area contributed by atoms with Crippen molar-refractivity contribution < 1.29 is 22.7 Å². The Morgan fingerprint density at radius 1 is 1.06 bits per heavy atom. The molecular weight excluding hydrogens is 454 g/mol. The fourth-order valence-corrected chi connectivity index (χ4v) is 5.39. The van der Waals surface area contributed by atoms with Gasteiger partial charge in [0.15, 0.2) is 0 Å². The second kappa shape index (κ2) is 10.6. The number of sulfonamides is 1. The molecule has 9 heteroatoms. The quantitative estimate of drug-likeness (QED) is 0.595. The SMILES string of the molecule is CCOc1ccc(C2CCCN2C(=O)CNC(=O)c2ccc(S(=O)(=O)NC(C)(C)C)cc2)cc1. The predicted molar refractivity (Wildman–Crippen MR) is 130 cm³/mol. The summed E-state index contributed by atoms with van der Waals surface area (Å²) in [6.45, 7) is 8.30. The number of benzene rings is 2. The molecule has 0 radical (unpaired) electrons. The maximum Gasteiger partial charge on any atom is 0.251 e. The Hall–Kier alpha value is -2.91. The summed E-state index contributed by atoms with van der Waals surface area (Å²) in [6.07, 6.45) is 1.77. The van der Waals surface area contributed by atoms with Crippen LogP contribution in [0.5, 0.6) is 5.75 Å². The molecule has 1 aliphatic heterocycles. The van der Waals surface area contributed by atoms with Crippen LogP contribution in [-0.2, 0) is 14.8 Å². The van der Waals surface area contributed by atoms with Crippen molar-refractivity contribution in [2.45, 2.75) is 57.0 Å². The van der Waals surface area contributed by atoms with Gasteiger partial charge in [0.1, 0.15) is 5.75 Å². The largest absolute Gasteiger partial charge is 0.494 e. The minimum absolute atomic E-state index is 0.0279. The zero-order valence-corrected chi connectivity index (χ0v) is 20.9. The van der Waals surface area contributed by atoms with Crippen molar-refractivity contribution >= 4 is 21.8 Å². The van der Waals surface area contributed by atoms with Crippen molar-refractivity contribution in [3.8, 4) is 5.75 Å². The van der Waals surface area contributed by atoms with Crippen LogP contribution < -0.4 is 14.8 Å². The van der Waals surface area contributed by atoms with E-state index in [2.05, 4.69) is 10.0 Å². The van der Waals surface area contributed by atoms with Crippen LogP contribution in [-0.4, -0.2) is 50.4 Å². The number of rotatable bonds is 8. The van der Waals surface area contributed by atoms with E-state index in [9.17, 15) is 18.0 Å². The Morgan fingerprint density at radius 2 is 1.71 bits per heavy atom. The number of ether oxygens (including phenoxy) is 1. The van der Waals surface area contributed by atoms with Crippen LogP contribution in [0.1, 0.15) is 62.5 Å². The van der Waals surface area contributed by atoms with Crippen LogP contribution in [0.25, 0.3) is 0 Å². The van der Waals surface area contributed by atoms with E-state index in [1.807, 2.05) is 31.2 Å². The molecule has 1 atom stereocenters. The van der Waals surface area contributed by atoms with E-state index in [0.717, 1.165) is 24.2 Å². The van der Waals surface area contributed by atoms with Crippen molar-refractivity contribution in [2.75, 3.05) is 19.7 Å². The maximum atomic E-state index is 12.9. The molecular formula is C25H33N3O5S. The summed E-state index contributed by atoms with van der Waals surface area (Å²) in [6, 6.07) is 13.4. The average molecular weight is 488 g/mol. The molecule has 1 saturated heterocycles. The second-order valence-corrected chi connectivity index (χ2v) is 11.0. The number of hydrogen-bond acceptors (Lipinski definition) is 5. The van der Waals surface area contributed by atoms with Gasteiger partial charge >= 0.3 is 0 Å². The van der Waals surface area contributed by atoms with Gasteiger partial charge in [0.25, 0.3) is 5.91 Å². The van der Waals surface area contributed by atoms with E-state index in [0.29, 0.717) is 13.2 Å². The molecule has 184 valence electrons. The molecule has 1 aliphatic rings. The number of hydrogen-bond donors (Lipinski definition) is 2. The molecule has 8 nitrogen and oxygen atoms in total. The highest BCUT2D eigenvalue weighted by atomic mass is 32.2. The number of nitrogens with zero attached hydrogens (tertiary/aromatic N) is 1. The van der Waals surface area contributed by atoms with Crippen LogP contribution in [0, 0.1) is 0 Å². The van der Waals surface area contributed by atoms with Gasteiger partial charge in [-0.25, -0.2) is 13.1 Å². The summed E-state index contributed by atoms with van der Waals surface area (Å²) >= 11 is 0. The Bertz CT molecular complexity index is 1110. The first-order chi connectivity index (χ1) is 16.0. The van der Waals surface area contributed by atoms with Crippen molar-refractivity contribution in [2.24, 2.45) is 0 Å². The third-order valence-corrected chi connectivity index (χ3v) is 7.19. The molecule has 0 aliphatic carbocycles. The third-order valence-electron chi connectivity index (χ3n) is 5.42. The Morgan fingerprint density at radius 3 is 2.29 bits per heavy atom. The normalized spacial score (nSPS) is 16.4. The first kappa shape index (κ1) is 25.7. The molecule has 0 bridgehead atoms. The molecule has 0 aromatic heterocycles. The molecule has 0 spiro atoms. The van der Waals surface area contributed by atoms with E-state index in [1.165, 1.54) is 24.3 Å². The van der Waals surface area contributed by atoms with E-state index < -0.39 is 21.5 Å². The number of amides is 2. The molecule has 1 fully saturated rings. The number of likely N-dealkylation sites (tertiary alicyclic amines) is 1.